The molecule has 0 aromatic rings. The van der Waals surface area contributed by atoms with Crippen molar-refractivity contribution in [2.45, 2.75) is 125 Å². The van der Waals surface area contributed by atoms with Crippen LogP contribution in [0, 0.1) is 44.8 Å². The number of hydrogen-bond donors (Lipinski definition) is 0. The molecule has 4 fully saturated rings. The van der Waals surface area contributed by atoms with E-state index in [1.54, 1.807) is 0 Å². The maximum Gasteiger partial charge on any atom is 0.302 e. The predicted octanol–water partition coefficient (Wildman–Crippen LogP) is 6.99. The smallest absolute Gasteiger partial charge is 0.302 e. The third-order valence-electron chi connectivity index (χ3n) is 13.1. The van der Waals surface area contributed by atoms with Crippen LogP contribution in [0.3, 0.4) is 0 Å². The minimum atomic E-state index is -0.394. The summed E-state index contributed by atoms with van der Waals surface area (Å²) in [6, 6.07) is 0. The summed E-state index contributed by atoms with van der Waals surface area (Å²) in [6.45, 7) is 17.7. The minimum Gasteiger partial charge on any atom is -0.462 e. The Bertz CT molecular complexity index is 1100. The van der Waals surface area contributed by atoms with Crippen LogP contribution in [0.15, 0.2) is 16.6 Å². The van der Waals surface area contributed by atoms with Crippen LogP contribution in [0.4, 0.5) is 0 Å². The normalized spacial score (nSPS) is 50.3. The summed E-state index contributed by atoms with van der Waals surface area (Å²) in [4.78, 5) is 41.8. The highest BCUT2D eigenvalue weighted by Crippen LogP contribution is 2.75. The number of allylic oxidation sites excluding steroid dienone is 2. The van der Waals surface area contributed by atoms with Crippen molar-refractivity contribution in [3.63, 3.8) is 0 Å². The fourth-order valence-electron chi connectivity index (χ4n) is 10.8. The van der Waals surface area contributed by atoms with E-state index in [2.05, 4.69) is 59.5 Å². The lowest BCUT2D eigenvalue weighted by molar-refractivity contribution is -0.209. The van der Waals surface area contributed by atoms with Gasteiger partial charge in [0.05, 0.1) is 5.54 Å². The Morgan fingerprint density at radius 2 is 1.65 bits per heavy atom. The molecule has 0 aliphatic heterocycles. The number of isocyanates is 1. The average molecular weight is 510 g/mol. The first-order valence-electron chi connectivity index (χ1n) is 14.6. The quantitative estimate of drug-likeness (QED) is 0.228. The SMILES string of the molecule is CC(=O)O[C@H]1CC[C@]2(C)[C@H]3C(=O)C=C4[C@@H]5C[C@@](C)(N=C=O)CC[C@]5(C)CC[C@@]4(C)[C@]3(C)CC[C@H]2C1(C)C. The van der Waals surface area contributed by atoms with E-state index in [1.807, 2.05) is 6.08 Å². The van der Waals surface area contributed by atoms with E-state index in [4.69, 9.17) is 4.74 Å². The monoisotopic (exact) mass is 509 g/mol. The molecule has 0 unspecified atom stereocenters. The van der Waals surface area contributed by atoms with Gasteiger partial charge in [-0.15, -0.1) is 0 Å². The van der Waals surface area contributed by atoms with Gasteiger partial charge in [-0.05, 0) is 104 Å². The van der Waals surface area contributed by atoms with Gasteiger partial charge in [0.2, 0.25) is 6.08 Å². The topological polar surface area (TPSA) is 72.8 Å². The van der Waals surface area contributed by atoms with E-state index in [1.165, 1.54) is 12.5 Å². The Labute approximate surface area is 223 Å². The van der Waals surface area contributed by atoms with Crippen molar-refractivity contribution in [1.82, 2.24) is 0 Å². The van der Waals surface area contributed by atoms with Crippen molar-refractivity contribution in [1.29, 1.82) is 0 Å². The lowest BCUT2D eigenvalue weighted by atomic mass is 9.33. The number of ether oxygens (including phenoxy) is 1. The molecule has 5 nitrogen and oxygen atoms in total. The van der Waals surface area contributed by atoms with Crippen LogP contribution in [0.1, 0.15) is 113 Å². The van der Waals surface area contributed by atoms with Gasteiger partial charge in [-0.3, -0.25) is 9.59 Å². The summed E-state index contributed by atoms with van der Waals surface area (Å²) in [7, 11) is 0. The first-order valence-corrected chi connectivity index (χ1v) is 14.6. The molecule has 0 bridgehead atoms. The van der Waals surface area contributed by atoms with Crippen LogP contribution >= 0.6 is 0 Å². The second-order valence-electron chi connectivity index (χ2n) is 15.4. The Balaban J connectivity index is 1.58. The molecule has 0 amide bonds. The average Bonchev–Trinajstić information content (AvgIpc) is 2.78. The Morgan fingerprint density at radius 1 is 0.973 bits per heavy atom. The van der Waals surface area contributed by atoms with Gasteiger partial charge in [-0.2, -0.15) is 4.99 Å². The van der Waals surface area contributed by atoms with Gasteiger partial charge in [0.25, 0.3) is 0 Å². The molecular formula is C32H47NO4. The molecule has 5 aliphatic carbocycles. The molecule has 4 saturated carbocycles. The molecule has 0 radical (unpaired) electrons. The van der Waals surface area contributed by atoms with Crippen molar-refractivity contribution in [3.05, 3.63) is 11.6 Å². The third kappa shape index (κ3) is 3.55. The zero-order valence-electron chi connectivity index (χ0n) is 24.3. The third-order valence-corrected chi connectivity index (χ3v) is 13.1. The number of carbonyl (C=O) groups is 2. The van der Waals surface area contributed by atoms with E-state index in [9.17, 15) is 14.4 Å². The lowest BCUT2D eigenvalue weighted by Gasteiger charge is -2.70. The number of rotatable bonds is 2. The van der Waals surface area contributed by atoms with E-state index in [0.29, 0.717) is 11.7 Å². The Kier molecular flexibility index (Phi) is 5.90. The number of aliphatic imine (C=N–C) groups is 1. The van der Waals surface area contributed by atoms with Gasteiger partial charge in [0.1, 0.15) is 6.10 Å². The van der Waals surface area contributed by atoms with Crippen LogP contribution in [-0.4, -0.2) is 29.5 Å². The van der Waals surface area contributed by atoms with Crippen LogP contribution in [0.5, 0.6) is 0 Å². The Hall–Kier alpha value is -1.74. The molecule has 0 heterocycles. The molecule has 204 valence electrons. The van der Waals surface area contributed by atoms with Gasteiger partial charge in [0, 0.05) is 18.3 Å². The highest BCUT2D eigenvalue weighted by Gasteiger charge is 2.70. The molecule has 0 aromatic heterocycles. The summed E-state index contributed by atoms with van der Waals surface area (Å²) in [5, 5.41) is 0. The van der Waals surface area contributed by atoms with Gasteiger partial charge in [-0.1, -0.05) is 47.1 Å². The summed E-state index contributed by atoms with van der Waals surface area (Å²) < 4.78 is 5.83. The van der Waals surface area contributed by atoms with E-state index in [-0.39, 0.29) is 51.0 Å². The second kappa shape index (κ2) is 8.13. The standard InChI is InChI=1S/C32H47NO4/c1-20(35)37-25-10-11-30(6)24(27(25,2)3)9-12-32(8)26(30)23(36)17-21-22-18-29(5,33-19-34)15-13-28(22,4)14-16-31(21,32)7/h17,22,24-26H,9-16,18H2,1-8H3/t22-,24-,25-,26+,28+,29-,30-,31+,32+/m0/s1. The zero-order valence-corrected chi connectivity index (χ0v) is 24.3. The first-order chi connectivity index (χ1) is 17.1. The van der Waals surface area contributed by atoms with Crippen molar-refractivity contribution >= 4 is 17.8 Å². The van der Waals surface area contributed by atoms with Gasteiger partial charge < -0.3 is 4.74 Å². The molecule has 9 atom stereocenters. The number of esters is 1. The van der Waals surface area contributed by atoms with Crippen LogP contribution in [0.2, 0.25) is 0 Å². The maximum absolute atomic E-state index is 14.4. The molecule has 0 N–H and O–H groups in total. The fourth-order valence-corrected chi connectivity index (χ4v) is 10.8. The number of ketones is 1. The van der Waals surface area contributed by atoms with Crippen molar-refractivity contribution in [3.8, 4) is 0 Å². The van der Waals surface area contributed by atoms with Crippen molar-refractivity contribution in [2.24, 2.45) is 49.8 Å². The molecule has 0 aromatic carbocycles. The zero-order chi connectivity index (χ0) is 27.2. The highest BCUT2D eigenvalue weighted by atomic mass is 16.5. The van der Waals surface area contributed by atoms with Gasteiger partial charge in [-0.25, -0.2) is 4.79 Å². The fraction of sp³-hybridized carbons (Fsp3) is 0.844. The maximum atomic E-state index is 14.4. The predicted molar refractivity (Wildman–Crippen MR) is 143 cm³/mol. The summed E-state index contributed by atoms with van der Waals surface area (Å²) in [6.07, 6.45) is 12.7. The molecule has 0 spiro atoms. The molecule has 37 heavy (non-hydrogen) atoms. The number of hydrogen-bond acceptors (Lipinski definition) is 5. The van der Waals surface area contributed by atoms with E-state index >= 15 is 0 Å². The van der Waals surface area contributed by atoms with Crippen LogP contribution in [0.25, 0.3) is 0 Å². The molecule has 5 rings (SSSR count). The molecular weight excluding hydrogens is 462 g/mol. The second-order valence-corrected chi connectivity index (χ2v) is 15.4. The van der Waals surface area contributed by atoms with E-state index < -0.39 is 5.54 Å². The lowest BCUT2D eigenvalue weighted by Crippen LogP contribution is -2.66. The molecule has 5 aliphatic rings. The number of carbonyl (C=O) groups excluding carboxylic acids is 3. The van der Waals surface area contributed by atoms with Crippen molar-refractivity contribution in [2.75, 3.05) is 0 Å². The van der Waals surface area contributed by atoms with Crippen LogP contribution < -0.4 is 0 Å². The number of nitrogens with zero attached hydrogens (tertiary/aromatic N) is 1. The number of fused-ring (bicyclic) bond motifs is 7. The van der Waals surface area contributed by atoms with Crippen molar-refractivity contribution < 1.29 is 19.1 Å². The van der Waals surface area contributed by atoms with Gasteiger partial charge in [0.15, 0.2) is 5.78 Å². The largest absolute Gasteiger partial charge is 0.462 e. The van der Waals surface area contributed by atoms with Crippen LogP contribution in [-0.2, 0) is 19.1 Å². The summed E-state index contributed by atoms with van der Waals surface area (Å²) in [5.41, 5.74) is 0.628. The Morgan fingerprint density at radius 3 is 2.30 bits per heavy atom. The van der Waals surface area contributed by atoms with E-state index in [0.717, 1.165) is 57.8 Å². The highest BCUT2D eigenvalue weighted by molar-refractivity contribution is 5.95. The summed E-state index contributed by atoms with van der Waals surface area (Å²) >= 11 is 0. The van der Waals surface area contributed by atoms with Gasteiger partial charge >= 0.3 is 5.97 Å². The minimum absolute atomic E-state index is 0.0302. The summed E-state index contributed by atoms with van der Waals surface area (Å²) in [5.74, 6) is 0.662. The molecule has 0 saturated heterocycles. The first kappa shape index (κ1) is 26.9. The molecule has 5 heteroatoms.